The lowest BCUT2D eigenvalue weighted by molar-refractivity contribution is -0.138. The predicted molar refractivity (Wildman–Crippen MR) is 286 cm³/mol. The molecule has 2 aromatic heterocycles. The molecule has 4 aromatic carbocycles. The molecule has 0 saturated heterocycles. The highest BCUT2D eigenvalue weighted by atomic mass is 35.5. The van der Waals surface area contributed by atoms with Crippen LogP contribution in [0.3, 0.4) is 0 Å². The number of hydrogen-bond donors (Lipinski definition) is 0. The predicted octanol–water partition coefficient (Wildman–Crippen LogP) is 21.1. The average Bonchev–Trinajstić information content (AvgIpc) is 3.68. The molecule has 0 aliphatic heterocycles. The summed E-state index contributed by atoms with van der Waals surface area (Å²) in [5.74, 6) is -6.76. The fourth-order valence-corrected chi connectivity index (χ4v) is 8.55. The number of hydrogen-bond acceptors (Lipinski definition) is 2. The summed E-state index contributed by atoms with van der Waals surface area (Å²) >= 11 is 13.3. The molecule has 0 fully saturated rings. The molecule has 0 saturated carbocycles. The molecular formula is C59H72Cl2F11NS. The van der Waals surface area contributed by atoms with Gasteiger partial charge < -0.3 is 0 Å². The van der Waals surface area contributed by atoms with Crippen LogP contribution in [0.5, 0.6) is 0 Å². The SMILES string of the molecule is CC(C)(C)c1ccc(F)c(F)c1Cl.CC(C)(C)c1ccc(F)c(F)c1F.CC(C)(C)c1ccc(F)cc1C(F)(F)F.CC(C)(C)c1ccc(F)cn1.CC(C)(C)c1sccc1Cl.Cc1c(F)cccc1C(C)(C)C. The molecule has 0 amide bonds. The molecule has 0 aliphatic rings. The second kappa shape index (κ2) is 26.5. The Bertz CT molecular complexity index is 2650. The van der Waals surface area contributed by atoms with Crippen LogP contribution in [0.1, 0.15) is 169 Å². The van der Waals surface area contributed by atoms with Crippen molar-refractivity contribution in [3.63, 3.8) is 0 Å². The monoisotopic (exact) mass is 1110 g/mol. The highest BCUT2D eigenvalue weighted by Crippen LogP contribution is 2.38. The van der Waals surface area contributed by atoms with Gasteiger partial charge in [0, 0.05) is 16.0 Å². The van der Waals surface area contributed by atoms with Crippen LogP contribution in [0.4, 0.5) is 48.3 Å². The summed E-state index contributed by atoms with van der Waals surface area (Å²) in [6.45, 7) is 36.7. The Morgan fingerprint density at radius 3 is 1.26 bits per heavy atom. The Morgan fingerprint density at radius 1 is 0.419 bits per heavy atom. The van der Waals surface area contributed by atoms with Gasteiger partial charge in [-0.3, -0.25) is 4.98 Å². The summed E-state index contributed by atoms with van der Waals surface area (Å²) in [5.41, 5.74) is 1.59. The second-order valence-corrected chi connectivity index (χ2v) is 25.2. The fourth-order valence-electron chi connectivity index (χ4n) is 6.68. The van der Waals surface area contributed by atoms with Gasteiger partial charge in [0.15, 0.2) is 29.1 Å². The van der Waals surface area contributed by atoms with E-state index in [0.717, 1.165) is 40.0 Å². The summed E-state index contributed by atoms with van der Waals surface area (Å²) in [5, 5.41) is 2.81. The first-order valence-corrected chi connectivity index (χ1v) is 25.1. The Morgan fingerprint density at radius 2 is 0.878 bits per heavy atom. The Balaban J connectivity index is 0.000000446. The van der Waals surface area contributed by atoms with Crippen molar-refractivity contribution in [2.45, 2.75) is 170 Å². The number of alkyl halides is 3. The zero-order valence-corrected chi connectivity index (χ0v) is 48.3. The summed E-state index contributed by atoms with van der Waals surface area (Å²) in [6, 6.07) is 18.0. The molecule has 0 unspecified atom stereocenters. The highest BCUT2D eigenvalue weighted by Gasteiger charge is 2.36. The summed E-state index contributed by atoms with van der Waals surface area (Å²) < 4.78 is 140. The second-order valence-electron chi connectivity index (χ2n) is 23.5. The third-order valence-electron chi connectivity index (χ3n) is 10.7. The van der Waals surface area contributed by atoms with Gasteiger partial charge in [-0.1, -0.05) is 178 Å². The number of pyridine rings is 1. The third-order valence-corrected chi connectivity index (χ3v) is 12.8. The number of thiophene rings is 1. The van der Waals surface area contributed by atoms with Crippen molar-refractivity contribution in [2.24, 2.45) is 0 Å². The average molecular weight is 1110 g/mol. The first-order valence-electron chi connectivity index (χ1n) is 23.5. The van der Waals surface area contributed by atoms with Crippen molar-refractivity contribution in [2.75, 3.05) is 0 Å². The third kappa shape index (κ3) is 21.3. The number of benzene rings is 4. The largest absolute Gasteiger partial charge is 0.416 e. The molecule has 74 heavy (non-hydrogen) atoms. The van der Waals surface area contributed by atoms with E-state index >= 15 is 0 Å². The smallest absolute Gasteiger partial charge is 0.258 e. The van der Waals surface area contributed by atoms with Crippen LogP contribution < -0.4 is 0 Å². The Labute approximate surface area is 447 Å². The lowest BCUT2D eigenvalue weighted by atomic mass is 9.83. The van der Waals surface area contributed by atoms with Crippen LogP contribution in [0.15, 0.2) is 90.4 Å². The fraction of sp³-hybridized carbons (Fsp3) is 0.441. The molecule has 0 atom stereocenters. The van der Waals surface area contributed by atoms with Crippen LogP contribution in [-0.2, 0) is 38.7 Å². The van der Waals surface area contributed by atoms with Crippen LogP contribution in [-0.4, -0.2) is 4.98 Å². The maximum atomic E-state index is 13.1. The van der Waals surface area contributed by atoms with Gasteiger partial charge in [-0.15, -0.1) is 11.3 Å². The zero-order valence-electron chi connectivity index (χ0n) is 45.9. The van der Waals surface area contributed by atoms with Crippen LogP contribution >= 0.6 is 34.5 Å². The molecule has 1 nitrogen and oxygen atoms in total. The van der Waals surface area contributed by atoms with Crippen LogP contribution in [0.25, 0.3) is 0 Å². The topological polar surface area (TPSA) is 12.9 Å². The van der Waals surface area contributed by atoms with Crippen LogP contribution in [0.2, 0.25) is 10.0 Å². The van der Waals surface area contributed by atoms with Gasteiger partial charge in [-0.2, -0.15) is 13.2 Å². The lowest BCUT2D eigenvalue weighted by Crippen LogP contribution is -2.19. The van der Waals surface area contributed by atoms with Crippen molar-refractivity contribution in [3.05, 3.63) is 191 Å². The minimum absolute atomic E-state index is 0.00764. The van der Waals surface area contributed by atoms with E-state index in [9.17, 15) is 48.3 Å². The van der Waals surface area contributed by atoms with E-state index in [1.54, 1.807) is 65.0 Å². The van der Waals surface area contributed by atoms with Gasteiger partial charge in [0.05, 0.1) is 21.8 Å². The summed E-state index contributed by atoms with van der Waals surface area (Å²) in [4.78, 5) is 5.25. The van der Waals surface area contributed by atoms with E-state index in [1.807, 2.05) is 66.0 Å². The number of rotatable bonds is 0. The van der Waals surface area contributed by atoms with Gasteiger partial charge in [0.25, 0.3) is 0 Å². The molecule has 0 aliphatic carbocycles. The maximum Gasteiger partial charge on any atom is 0.416 e. The van der Waals surface area contributed by atoms with E-state index in [2.05, 4.69) is 46.5 Å². The first-order chi connectivity index (χ1) is 33.2. The van der Waals surface area contributed by atoms with Gasteiger partial charge in [-0.25, -0.2) is 35.1 Å². The molecule has 0 spiro atoms. The van der Waals surface area contributed by atoms with Gasteiger partial charge >= 0.3 is 6.18 Å². The quantitative estimate of drug-likeness (QED) is 0.109. The van der Waals surface area contributed by atoms with Gasteiger partial charge in [0.1, 0.15) is 17.5 Å². The molecule has 0 bridgehead atoms. The molecule has 6 rings (SSSR count). The highest BCUT2D eigenvalue weighted by molar-refractivity contribution is 7.10. The van der Waals surface area contributed by atoms with Gasteiger partial charge in [-0.05, 0) is 116 Å². The first kappa shape index (κ1) is 67.6. The standard InChI is InChI=1S/C11H12F4.C11H15F.C10H11ClF2.C10H11F3.C9H12FN.C8H11ClS/c1-10(2,3)8-5-4-7(12)6-9(8)11(13,14)15;1-8-9(11(2,3)4)6-5-7-10(8)12;1-10(2,3)6-4-5-7(12)9(13)8(6)11;1-10(2,3)6-4-5-7(11)9(13)8(6)12;1-9(2,3)8-5-4-7(10)6-11-8;1-8(2,3)7-6(9)4-5-10-7/h4-6H,1-3H3;5-7H,1-4H3;2*4-5H,1-3H3;4-6H,1-3H3;4-5H,1-3H3. The van der Waals surface area contributed by atoms with E-state index in [0.29, 0.717) is 11.6 Å². The van der Waals surface area contributed by atoms with Crippen molar-refractivity contribution in [1.82, 2.24) is 4.98 Å². The van der Waals surface area contributed by atoms with E-state index in [-0.39, 0.29) is 49.4 Å². The molecule has 0 radical (unpaired) electrons. The summed E-state index contributed by atoms with van der Waals surface area (Å²) in [7, 11) is 0. The number of aromatic nitrogens is 1. The maximum absolute atomic E-state index is 13.1. The lowest BCUT2D eigenvalue weighted by Gasteiger charge is -2.24. The molecule has 0 N–H and O–H groups in total. The molecular weight excluding hydrogens is 1030 g/mol. The summed E-state index contributed by atoms with van der Waals surface area (Å²) in [6.07, 6.45) is -3.26. The van der Waals surface area contributed by atoms with E-state index in [1.165, 1.54) is 41.4 Å². The van der Waals surface area contributed by atoms with Crippen molar-refractivity contribution >= 4 is 34.5 Å². The van der Waals surface area contributed by atoms with Crippen molar-refractivity contribution in [1.29, 1.82) is 0 Å². The molecule has 6 aromatic rings. The number of nitrogens with zero attached hydrogens (tertiary/aromatic N) is 1. The molecule has 2 heterocycles. The minimum atomic E-state index is -4.51. The Kier molecular flexibility index (Phi) is 24.2. The van der Waals surface area contributed by atoms with Crippen molar-refractivity contribution < 1.29 is 48.3 Å². The normalized spacial score (nSPS) is 12.1. The zero-order chi connectivity index (χ0) is 57.9. The number of halogens is 13. The molecule has 410 valence electrons. The van der Waals surface area contributed by atoms with E-state index < -0.39 is 57.5 Å². The Hall–Kier alpha value is -4.46. The van der Waals surface area contributed by atoms with Crippen molar-refractivity contribution in [3.8, 4) is 0 Å². The van der Waals surface area contributed by atoms with Gasteiger partial charge in [0.2, 0.25) is 0 Å². The van der Waals surface area contributed by atoms with Crippen LogP contribution in [0, 0.1) is 53.5 Å². The van der Waals surface area contributed by atoms with E-state index in [4.69, 9.17) is 23.2 Å². The minimum Gasteiger partial charge on any atom is -0.258 e. The molecule has 15 heteroatoms.